The van der Waals surface area contributed by atoms with Crippen LogP contribution in [0.3, 0.4) is 0 Å². The quantitative estimate of drug-likeness (QED) is 0.588. The third-order valence-corrected chi connectivity index (χ3v) is 3.04. The van der Waals surface area contributed by atoms with E-state index in [1.54, 1.807) is 0 Å². The first-order valence-electron chi connectivity index (χ1n) is 4.75. The maximum absolute atomic E-state index is 5.92. The largest absolute Gasteiger partial charge is 0.348 e. The minimum absolute atomic E-state index is 0.255. The third kappa shape index (κ3) is 1.37. The van der Waals surface area contributed by atoms with Gasteiger partial charge in [-0.1, -0.05) is 6.92 Å². The van der Waals surface area contributed by atoms with Crippen LogP contribution in [0.2, 0.25) is 0 Å². The van der Waals surface area contributed by atoms with Gasteiger partial charge in [-0.25, -0.2) is 0 Å². The van der Waals surface area contributed by atoms with E-state index in [0.29, 0.717) is 12.0 Å². The molecule has 1 saturated heterocycles. The van der Waals surface area contributed by atoms with E-state index >= 15 is 0 Å². The fourth-order valence-electron chi connectivity index (χ4n) is 2.17. The van der Waals surface area contributed by atoms with E-state index in [0.717, 1.165) is 32.5 Å². The van der Waals surface area contributed by atoms with Gasteiger partial charge in [0.25, 0.3) is 0 Å². The second-order valence-corrected chi connectivity index (χ2v) is 3.99. The lowest BCUT2D eigenvalue weighted by molar-refractivity contribution is -0.187. The number of rotatable bonds is 0. The third-order valence-electron chi connectivity index (χ3n) is 3.04. The summed E-state index contributed by atoms with van der Waals surface area (Å²) in [6, 6.07) is 0.337. The lowest BCUT2D eigenvalue weighted by atomic mass is 9.82. The molecule has 1 aliphatic heterocycles. The molecule has 0 bridgehead atoms. The summed E-state index contributed by atoms with van der Waals surface area (Å²) in [7, 11) is 0. The Morgan fingerprint density at radius 1 is 1.33 bits per heavy atom. The lowest BCUT2D eigenvalue weighted by Gasteiger charge is -2.38. The van der Waals surface area contributed by atoms with Crippen LogP contribution in [0.25, 0.3) is 0 Å². The van der Waals surface area contributed by atoms with Gasteiger partial charge in [-0.2, -0.15) is 0 Å². The average Bonchev–Trinajstić information content (AvgIpc) is 2.47. The van der Waals surface area contributed by atoms with E-state index in [2.05, 4.69) is 6.92 Å². The van der Waals surface area contributed by atoms with Crippen molar-refractivity contribution in [2.24, 2.45) is 11.7 Å². The average molecular weight is 171 g/mol. The smallest absolute Gasteiger partial charge is 0.168 e. The molecular formula is C9H17NO2. The molecule has 2 fully saturated rings. The van der Waals surface area contributed by atoms with Crippen molar-refractivity contribution in [2.45, 2.75) is 38.0 Å². The molecule has 12 heavy (non-hydrogen) atoms. The van der Waals surface area contributed by atoms with Crippen LogP contribution in [0, 0.1) is 5.92 Å². The first kappa shape index (κ1) is 8.48. The minimum Gasteiger partial charge on any atom is -0.348 e. The SMILES string of the molecule is C[C@H]1CC2(CC[C@H]1N)OCCO2. The van der Waals surface area contributed by atoms with Gasteiger partial charge >= 0.3 is 0 Å². The van der Waals surface area contributed by atoms with Gasteiger partial charge in [0, 0.05) is 18.9 Å². The zero-order valence-electron chi connectivity index (χ0n) is 7.58. The summed E-state index contributed by atoms with van der Waals surface area (Å²) in [5.41, 5.74) is 5.92. The molecule has 1 heterocycles. The lowest BCUT2D eigenvalue weighted by Crippen LogP contribution is -2.44. The monoisotopic (exact) mass is 171 g/mol. The standard InChI is InChI=1S/C9H17NO2/c1-7-6-9(3-2-8(7)10)11-4-5-12-9/h7-8H,2-6,10H2,1H3/t7-,8+/m0/s1. The van der Waals surface area contributed by atoms with E-state index < -0.39 is 0 Å². The second-order valence-electron chi connectivity index (χ2n) is 3.99. The molecule has 3 heteroatoms. The Morgan fingerprint density at radius 2 is 2.00 bits per heavy atom. The Hall–Kier alpha value is -0.120. The Bertz CT molecular complexity index is 166. The van der Waals surface area contributed by atoms with Gasteiger partial charge in [0.1, 0.15) is 0 Å². The van der Waals surface area contributed by atoms with Gasteiger partial charge < -0.3 is 15.2 Å². The Morgan fingerprint density at radius 3 is 2.58 bits per heavy atom. The molecule has 2 N–H and O–H groups in total. The molecule has 2 aliphatic rings. The molecule has 0 amide bonds. The van der Waals surface area contributed by atoms with Crippen LogP contribution in [0.4, 0.5) is 0 Å². The zero-order valence-corrected chi connectivity index (χ0v) is 7.58. The van der Waals surface area contributed by atoms with Crippen molar-refractivity contribution in [3.8, 4) is 0 Å². The van der Waals surface area contributed by atoms with E-state index in [-0.39, 0.29) is 5.79 Å². The first-order chi connectivity index (χ1) is 5.72. The van der Waals surface area contributed by atoms with Crippen LogP contribution in [0.5, 0.6) is 0 Å². The van der Waals surface area contributed by atoms with Gasteiger partial charge in [-0.05, 0) is 12.3 Å². The van der Waals surface area contributed by atoms with Crippen molar-refractivity contribution in [2.75, 3.05) is 13.2 Å². The van der Waals surface area contributed by atoms with Crippen molar-refractivity contribution in [1.82, 2.24) is 0 Å². The predicted molar refractivity (Wildman–Crippen MR) is 45.6 cm³/mol. The summed E-state index contributed by atoms with van der Waals surface area (Å²) in [5.74, 6) is 0.270. The highest BCUT2D eigenvalue weighted by Crippen LogP contribution is 2.37. The highest BCUT2D eigenvalue weighted by Gasteiger charge is 2.42. The summed E-state index contributed by atoms with van der Waals surface area (Å²) in [5, 5.41) is 0. The van der Waals surface area contributed by atoms with E-state index in [4.69, 9.17) is 15.2 Å². The molecule has 0 unspecified atom stereocenters. The van der Waals surface area contributed by atoms with E-state index in [9.17, 15) is 0 Å². The van der Waals surface area contributed by atoms with Gasteiger partial charge in [-0.3, -0.25) is 0 Å². The zero-order chi connectivity index (χ0) is 8.60. The molecule has 0 radical (unpaired) electrons. The van der Waals surface area contributed by atoms with Gasteiger partial charge in [0.15, 0.2) is 5.79 Å². The van der Waals surface area contributed by atoms with Gasteiger partial charge in [-0.15, -0.1) is 0 Å². The topological polar surface area (TPSA) is 44.5 Å². The maximum atomic E-state index is 5.92. The van der Waals surface area contributed by atoms with Crippen molar-refractivity contribution < 1.29 is 9.47 Å². The van der Waals surface area contributed by atoms with Crippen molar-refractivity contribution >= 4 is 0 Å². The van der Waals surface area contributed by atoms with Crippen LogP contribution in [0.15, 0.2) is 0 Å². The van der Waals surface area contributed by atoms with Crippen LogP contribution >= 0.6 is 0 Å². The summed E-state index contributed by atoms with van der Waals surface area (Å²) in [4.78, 5) is 0. The molecule has 3 nitrogen and oxygen atoms in total. The number of hydrogen-bond donors (Lipinski definition) is 1. The summed E-state index contributed by atoms with van der Waals surface area (Å²) < 4.78 is 11.2. The molecule has 0 aromatic heterocycles. The van der Waals surface area contributed by atoms with E-state index in [1.165, 1.54) is 0 Å². The molecule has 0 aromatic carbocycles. The molecule has 1 saturated carbocycles. The number of nitrogens with two attached hydrogens (primary N) is 1. The van der Waals surface area contributed by atoms with Crippen LogP contribution in [-0.4, -0.2) is 25.0 Å². The Balaban J connectivity index is 2.01. The summed E-state index contributed by atoms with van der Waals surface area (Å²) in [6.07, 6.45) is 2.97. The van der Waals surface area contributed by atoms with Crippen LogP contribution in [0.1, 0.15) is 26.2 Å². The fraction of sp³-hybridized carbons (Fsp3) is 1.00. The van der Waals surface area contributed by atoms with E-state index in [1.807, 2.05) is 0 Å². The summed E-state index contributed by atoms with van der Waals surface area (Å²) in [6.45, 7) is 3.68. The van der Waals surface area contributed by atoms with Crippen molar-refractivity contribution in [3.63, 3.8) is 0 Å². The highest BCUT2D eigenvalue weighted by molar-refractivity contribution is 4.87. The number of hydrogen-bond acceptors (Lipinski definition) is 3. The molecule has 2 atom stereocenters. The predicted octanol–water partition coefficient (Wildman–Crippen LogP) is 0.877. The van der Waals surface area contributed by atoms with Crippen LogP contribution < -0.4 is 5.73 Å². The molecule has 70 valence electrons. The second kappa shape index (κ2) is 2.98. The molecule has 2 rings (SSSR count). The first-order valence-corrected chi connectivity index (χ1v) is 4.75. The Labute approximate surface area is 73.2 Å². The molecule has 1 spiro atoms. The van der Waals surface area contributed by atoms with Crippen molar-refractivity contribution in [3.05, 3.63) is 0 Å². The molecular weight excluding hydrogens is 154 g/mol. The van der Waals surface area contributed by atoms with Gasteiger partial charge in [0.2, 0.25) is 0 Å². The normalized spacial score (nSPS) is 40.5. The van der Waals surface area contributed by atoms with Crippen molar-refractivity contribution in [1.29, 1.82) is 0 Å². The maximum Gasteiger partial charge on any atom is 0.168 e. The van der Waals surface area contributed by atoms with Crippen LogP contribution in [-0.2, 0) is 9.47 Å². The summed E-state index contributed by atoms with van der Waals surface area (Å²) >= 11 is 0. The van der Waals surface area contributed by atoms with Gasteiger partial charge in [0.05, 0.1) is 13.2 Å². The highest BCUT2D eigenvalue weighted by atomic mass is 16.7. The fourth-order valence-corrected chi connectivity index (χ4v) is 2.17. The molecule has 1 aliphatic carbocycles. The minimum atomic E-state index is -0.255. The Kier molecular flexibility index (Phi) is 2.10. The molecule has 0 aromatic rings. The number of ether oxygens (including phenoxy) is 2.